The number of hydrogen-bond acceptors (Lipinski definition) is 6. The number of nitrogens with zero attached hydrogens (tertiary/aromatic N) is 1. The van der Waals surface area contributed by atoms with Crippen LogP contribution in [0.2, 0.25) is 0 Å². The fourth-order valence-corrected chi connectivity index (χ4v) is 3.02. The number of rotatable bonds is 5. The Balaban J connectivity index is 1.75. The first kappa shape index (κ1) is 13.8. The molecule has 3 N–H and O–H groups in total. The zero-order valence-corrected chi connectivity index (χ0v) is 11.3. The fourth-order valence-electron chi connectivity index (χ4n) is 1.47. The number of hydrogen-bond donors (Lipinski definition) is 3. The minimum absolute atomic E-state index is 0.0192. The van der Waals surface area contributed by atoms with E-state index in [1.54, 1.807) is 0 Å². The largest absolute Gasteiger partial charge is 0.476 e. The summed E-state index contributed by atoms with van der Waals surface area (Å²) in [5.74, 6) is -0.851. The first-order chi connectivity index (χ1) is 9.06. The zero-order valence-electron chi connectivity index (χ0n) is 9.71. The Morgan fingerprint density at radius 2 is 2.37 bits per heavy atom. The molecule has 1 fully saturated rings. The van der Waals surface area contributed by atoms with E-state index >= 15 is 0 Å². The molecule has 0 aliphatic carbocycles. The second kappa shape index (κ2) is 6.02. The summed E-state index contributed by atoms with van der Waals surface area (Å²) in [6.07, 6.45) is 0.470. The molecule has 1 aliphatic rings. The lowest BCUT2D eigenvalue weighted by atomic mass is 10.3. The summed E-state index contributed by atoms with van der Waals surface area (Å²) >= 11 is 2.33. The van der Waals surface area contributed by atoms with Gasteiger partial charge in [0.05, 0.1) is 5.01 Å². The fraction of sp³-hybridized carbons (Fsp3) is 0.400. The summed E-state index contributed by atoms with van der Waals surface area (Å²) < 4.78 is 0. The van der Waals surface area contributed by atoms with Crippen molar-refractivity contribution in [3.05, 3.63) is 16.1 Å². The van der Waals surface area contributed by atoms with Crippen LogP contribution < -0.4 is 10.6 Å². The highest BCUT2D eigenvalue weighted by Crippen LogP contribution is 2.13. The third kappa shape index (κ3) is 3.67. The van der Waals surface area contributed by atoms with Gasteiger partial charge in [0.2, 0.25) is 5.91 Å². The molecule has 1 aromatic rings. The average molecular weight is 301 g/mol. The van der Waals surface area contributed by atoms with Crippen LogP contribution in [0, 0.1) is 0 Å². The van der Waals surface area contributed by atoms with Crippen molar-refractivity contribution in [2.75, 3.05) is 12.3 Å². The highest BCUT2D eigenvalue weighted by atomic mass is 32.2. The molecule has 1 unspecified atom stereocenters. The maximum atomic E-state index is 11.6. The van der Waals surface area contributed by atoms with Crippen LogP contribution in [0.3, 0.4) is 0 Å². The Bertz CT molecular complexity index is 517. The standard InChI is InChI=1S/C10H11N3O4S2/c14-8(5-3-19-10(17)13-5)11-2-1-7-12-6(4-18-7)9(15)16/h4-5H,1-3H2,(H,11,14)(H,13,17)(H,15,16). The van der Waals surface area contributed by atoms with E-state index in [0.717, 1.165) is 11.8 Å². The van der Waals surface area contributed by atoms with Crippen molar-refractivity contribution in [1.82, 2.24) is 15.6 Å². The van der Waals surface area contributed by atoms with Crippen molar-refractivity contribution >= 4 is 40.2 Å². The second-order valence-corrected chi connectivity index (χ2v) is 5.70. The summed E-state index contributed by atoms with van der Waals surface area (Å²) in [5, 5.41) is 15.9. The van der Waals surface area contributed by atoms with Gasteiger partial charge in [-0.25, -0.2) is 9.78 Å². The van der Waals surface area contributed by atoms with Gasteiger partial charge in [0.1, 0.15) is 6.04 Å². The number of nitrogens with one attached hydrogen (secondary N) is 2. The molecular formula is C10H11N3O4S2. The van der Waals surface area contributed by atoms with Gasteiger partial charge in [-0.05, 0) is 0 Å². The molecule has 0 spiro atoms. The van der Waals surface area contributed by atoms with E-state index in [1.807, 2.05) is 0 Å². The third-order valence-corrected chi connectivity index (χ3v) is 4.19. The van der Waals surface area contributed by atoms with Crippen molar-refractivity contribution in [2.24, 2.45) is 0 Å². The normalized spacial score (nSPS) is 18.1. The first-order valence-corrected chi connectivity index (χ1v) is 7.31. The smallest absolute Gasteiger partial charge is 0.355 e. The molecule has 7 nitrogen and oxygen atoms in total. The van der Waals surface area contributed by atoms with Crippen molar-refractivity contribution in [3.8, 4) is 0 Å². The van der Waals surface area contributed by atoms with Gasteiger partial charge in [-0.15, -0.1) is 11.3 Å². The Labute approximate surface area is 116 Å². The van der Waals surface area contributed by atoms with Gasteiger partial charge in [0.15, 0.2) is 5.69 Å². The number of thioether (sulfide) groups is 1. The number of carboxylic acid groups (broad SMARTS) is 1. The molecule has 0 radical (unpaired) electrons. The zero-order chi connectivity index (χ0) is 13.8. The van der Waals surface area contributed by atoms with E-state index in [-0.39, 0.29) is 16.8 Å². The van der Waals surface area contributed by atoms with Gasteiger partial charge in [-0.1, -0.05) is 11.8 Å². The van der Waals surface area contributed by atoms with Gasteiger partial charge in [-0.3, -0.25) is 9.59 Å². The molecule has 1 aliphatic heterocycles. The van der Waals surface area contributed by atoms with E-state index in [4.69, 9.17) is 5.11 Å². The highest BCUT2D eigenvalue weighted by molar-refractivity contribution is 8.14. The predicted molar refractivity (Wildman–Crippen MR) is 70.6 cm³/mol. The Morgan fingerprint density at radius 3 is 2.95 bits per heavy atom. The molecule has 9 heteroatoms. The lowest BCUT2D eigenvalue weighted by Gasteiger charge is -2.09. The minimum atomic E-state index is -1.06. The topological polar surface area (TPSA) is 108 Å². The molecule has 1 saturated heterocycles. The summed E-state index contributed by atoms with van der Waals surface area (Å²) in [4.78, 5) is 37.1. The summed E-state index contributed by atoms with van der Waals surface area (Å²) in [6, 6.07) is -0.483. The molecule has 2 rings (SSSR count). The van der Waals surface area contributed by atoms with E-state index in [2.05, 4.69) is 15.6 Å². The number of carbonyl (C=O) groups is 3. The molecule has 1 atom stereocenters. The van der Waals surface area contributed by atoms with E-state index in [0.29, 0.717) is 23.7 Å². The van der Waals surface area contributed by atoms with Crippen molar-refractivity contribution in [3.63, 3.8) is 0 Å². The maximum absolute atomic E-state index is 11.6. The third-order valence-electron chi connectivity index (χ3n) is 2.40. The Morgan fingerprint density at radius 1 is 1.58 bits per heavy atom. The summed E-state index contributed by atoms with van der Waals surface area (Å²) in [5.41, 5.74) is 0.0192. The lowest BCUT2D eigenvalue weighted by Crippen LogP contribution is -2.43. The van der Waals surface area contributed by atoms with Gasteiger partial charge >= 0.3 is 5.97 Å². The van der Waals surface area contributed by atoms with Gasteiger partial charge < -0.3 is 15.7 Å². The van der Waals surface area contributed by atoms with Crippen LogP contribution in [-0.2, 0) is 11.2 Å². The quantitative estimate of drug-likeness (QED) is 0.723. The summed E-state index contributed by atoms with van der Waals surface area (Å²) in [6.45, 7) is 0.364. The van der Waals surface area contributed by atoms with Crippen LogP contribution in [0.25, 0.3) is 0 Å². The van der Waals surface area contributed by atoms with Crippen LogP contribution in [0.4, 0.5) is 4.79 Å². The van der Waals surface area contributed by atoms with E-state index in [9.17, 15) is 14.4 Å². The maximum Gasteiger partial charge on any atom is 0.355 e. The van der Waals surface area contributed by atoms with Crippen LogP contribution in [0.5, 0.6) is 0 Å². The molecule has 0 bridgehead atoms. The van der Waals surface area contributed by atoms with Crippen LogP contribution in [-0.4, -0.2) is 45.5 Å². The molecule has 19 heavy (non-hydrogen) atoms. The Hall–Kier alpha value is -1.61. The molecular weight excluding hydrogens is 290 g/mol. The SMILES string of the molecule is O=C1NC(C(=O)NCCc2nc(C(=O)O)cs2)CS1. The molecule has 2 heterocycles. The van der Waals surface area contributed by atoms with Crippen LogP contribution >= 0.6 is 23.1 Å². The van der Waals surface area contributed by atoms with Crippen molar-refractivity contribution < 1.29 is 19.5 Å². The number of carboxylic acids is 1. The lowest BCUT2D eigenvalue weighted by molar-refractivity contribution is -0.122. The monoisotopic (exact) mass is 301 g/mol. The van der Waals surface area contributed by atoms with Gasteiger partial charge in [0, 0.05) is 24.1 Å². The average Bonchev–Trinajstić information content (AvgIpc) is 2.98. The van der Waals surface area contributed by atoms with Crippen molar-refractivity contribution in [2.45, 2.75) is 12.5 Å². The molecule has 102 valence electrons. The molecule has 1 aromatic heterocycles. The van der Waals surface area contributed by atoms with Crippen LogP contribution in [0.15, 0.2) is 5.38 Å². The molecule has 0 aromatic carbocycles. The Kier molecular flexibility index (Phi) is 4.38. The predicted octanol–water partition coefficient (Wildman–Crippen LogP) is 0.325. The highest BCUT2D eigenvalue weighted by Gasteiger charge is 2.27. The first-order valence-electron chi connectivity index (χ1n) is 5.45. The number of carbonyl (C=O) groups excluding carboxylic acids is 2. The molecule has 0 saturated carbocycles. The number of aromatic nitrogens is 1. The minimum Gasteiger partial charge on any atom is -0.476 e. The van der Waals surface area contributed by atoms with Gasteiger partial charge in [-0.2, -0.15) is 0 Å². The number of aromatic carboxylic acids is 1. The second-order valence-electron chi connectivity index (χ2n) is 3.77. The van der Waals surface area contributed by atoms with E-state index < -0.39 is 12.0 Å². The molecule has 2 amide bonds. The van der Waals surface area contributed by atoms with Crippen molar-refractivity contribution in [1.29, 1.82) is 0 Å². The summed E-state index contributed by atoms with van der Waals surface area (Å²) in [7, 11) is 0. The van der Waals surface area contributed by atoms with Gasteiger partial charge in [0.25, 0.3) is 5.24 Å². The van der Waals surface area contributed by atoms with E-state index in [1.165, 1.54) is 16.7 Å². The van der Waals surface area contributed by atoms with Crippen LogP contribution in [0.1, 0.15) is 15.5 Å². The number of thiazole rings is 1. The number of amides is 2.